The fraction of sp³-hybridized carbons (Fsp3) is 0.167. The summed E-state index contributed by atoms with van der Waals surface area (Å²) < 4.78 is 13.4. The van der Waals surface area contributed by atoms with E-state index < -0.39 is 17.6 Å². The first-order chi connectivity index (χ1) is 12.1. The second-order valence-electron chi connectivity index (χ2n) is 5.21. The molecule has 6 nitrogen and oxygen atoms in total. The van der Waals surface area contributed by atoms with Gasteiger partial charge in [-0.15, -0.1) is 0 Å². The van der Waals surface area contributed by atoms with Gasteiger partial charge in [0.05, 0.1) is 5.56 Å². The highest BCUT2D eigenvalue weighted by atomic mass is 19.1. The van der Waals surface area contributed by atoms with Gasteiger partial charge in [-0.3, -0.25) is 25.2 Å². The highest BCUT2D eigenvalue weighted by Crippen LogP contribution is 2.05. The molecule has 0 aliphatic heterocycles. The van der Waals surface area contributed by atoms with Crippen LogP contribution >= 0.6 is 0 Å². The van der Waals surface area contributed by atoms with E-state index in [9.17, 15) is 18.8 Å². The van der Waals surface area contributed by atoms with Crippen molar-refractivity contribution in [3.05, 3.63) is 71.5 Å². The zero-order valence-electron chi connectivity index (χ0n) is 13.4. The lowest BCUT2D eigenvalue weighted by Gasteiger charge is -2.08. The Hall–Kier alpha value is -3.22. The summed E-state index contributed by atoms with van der Waals surface area (Å²) in [7, 11) is 0. The fourth-order valence-electron chi connectivity index (χ4n) is 2.04. The summed E-state index contributed by atoms with van der Waals surface area (Å²) in [6.45, 7) is 0.322. The maximum absolute atomic E-state index is 13.4. The van der Waals surface area contributed by atoms with E-state index in [-0.39, 0.29) is 17.9 Å². The maximum Gasteiger partial charge on any atom is 0.272 e. The van der Waals surface area contributed by atoms with E-state index in [0.29, 0.717) is 18.5 Å². The molecule has 0 saturated heterocycles. The Bertz CT molecular complexity index is 750. The van der Waals surface area contributed by atoms with Crippen LogP contribution in [0.25, 0.3) is 0 Å². The maximum atomic E-state index is 13.4. The van der Waals surface area contributed by atoms with Gasteiger partial charge in [0.25, 0.3) is 11.8 Å². The second-order valence-corrected chi connectivity index (χ2v) is 5.21. The van der Waals surface area contributed by atoms with Crippen molar-refractivity contribution < 1.29 is 18.8 Å². The summed E-state index contributed by atoms with van der Waals surface area (Å²) in [5.74, 6) is -2.05. The van der Waals surface area contributed by atoms with Crippen LogP contribution in [0.2, 0.25) is 0 Å². The molecule has 0 aliphatic rings. The number of carbonyl (C=O) groups excluding carboxylic acids is 3. The summed E-state index contributed by atoms with van der Waals surface area (Å²) in [5, 5.41) is 2.70. The molecule has 0 fully saturated rings. The molecular formula is C18H18FN3O3. The van der Waals surface area contributed by atoms with Crippen molar-refractivity contribution in [1.29, 1.82) is 0 Å². The summed E-state index contributed by atoms with van der Waals surface area (Å²) >= 11 is 0. The molecule has 3 amide bonds. The number of carbonyl (C=O) groups is 3. The smallest absolute Gasteiger partial charge is 0.272 e. The van der Waals surface area contributed by atoms with Gasteiger partial charge in [0.1, 0.15) is 5.82 Å². The molecule has 0 aliphatic carbocycles. The number of hydrogen-bond donors (Lipinski definition) is 3. The standard InChI is InChI=1S/C18H18FN3O3/c19-15-10-5-4-9-14(15)18(25)22-21-16(23)11-6-12-20-17(24)13-7-2-1-3-8-13/h1-5,7-10H,6,11-12H2,(H,20,24)(H,21,23)(H,22,25). The van der Waals surface area contributed by atoms with Crippen molar-refractivity contribution in [1.82, 2.24) is 16.2 Å². The SMILES string of the molecule is O=C(CCCNC(=O)c1ccccc1)NNC(=O)c1ccccc1F. The van der Waals surface area contributed by atoms with E-state index in [2.05, 4.69) is 16.2 Å². The predicted octanol–water partition coefficient (Wildman–Crippen LogP) is 1.80. The van der Waals surface area contributed by atoms with Gasteiger partial charge in [-0.25, -0.2) is 4.39 Å². The molecule has 0 bridgehead atoms. The second kappa shape index (κ2) is 9.17. The zero-order valence-corrected chi connectivity index (χ0v) is 13.4. The molecule has 0 heterocycles. The summed E-state index contributed by atoms with van der Waals surface area (Å²) in [6.07, 6.45) is 0.507. The van der Waals surface area contributed by atoms with E-state index in [1.54, 1.807) is 24.3 Å². The van der Waals surface area contributed by atoms with E-state index in [0.717, 1.165) is 6.07 Å². The number of benzene rings is 2. The Balaban J connectivity index is 1.65. The highest BCUT2D eigenvalue weighted by Gasteiger charge is 2.11. The van der Waals surface area contributed by atoms with Crippen LogP contribution in [0.5, 0.6) is 0 Å². The Morgan fingerprint density at radius 3 is 2.24 bits per heavy atom. The van der Waals surface area contributed by atoms with E-state index >= 15 is 0 Å². The van der Waals surface area contributed by atoms with Gasteiger partial charge in [-0.2, -0.15) is 0 Å². The molecule has 0 spiro atoms. The van der Waals surface area contributed by atoms with Gasteiger partial charge in [0.15, 0.2) is 0 Å². The minimum Gasteiger partial charge on any atom is -0.352 e. The Kier molecular flexibility index (Phi) is 6.65. The van der Waals surface area contributed by atoms with E-state index in [4.69, 9.17) is 0 Å². The van der Waals surface area contributed by atoms with Crippen LogP contribution in [-0.4, -0.2) is 24.3 Å². The van der Waals surface area contributed by atoms with Crippen molar-refractivity contribution >= 4 is 17.7 Å². The number of nitrogens with one attached hydrogen (secondary N) is 3. The number of hydrogen-bond acceptors (Lipinski definition) is 3. The third-order valence-electron chi connectivity index (χ3n) is 3.34. The average Bonchev–Trinajstić information content (AvgIpc) is 2.64. The van der Waals surface area contributed by atoms with Crippen molar-refractivity contribution in [2.24, 2.45) is 0 Å². The molecular weight excluding hydrogens is 325 g/mol. The number of halogens is 1. The molecule has 0 aromatic heterocycles. The minimum atomic E-state index is -0.733. The first-order valence-corrected chi connectivity index (χ1v) is 7.75. The molecule has 0 atom stereocenters. The molecule has 2 aromatic carbocycles. The van der Waals surface area contributed by atoms with Crippen LogP contribution in [0, 0.1) is 5.82 Å². The lowest BCUT2D eigenvalue weighted by atomic mass is 10.2. The molecule has 2 rings (SSSR count). The average molecular weight is 343 g/mol. The van der Waals surface area contributed by atoms with Gasteiger partial charge < -0.3 is 5.32 Å². The normalized spacial score (nSPS) is 9.96. The number of rotatable bonds is 6. The van der Waals surface area contributed by atoms with Gasteiger partial charge in [0.2, 0.25) is 5.91 Å². The fourth-order valence-corrected chi connectivity index (χ4v) is 2.04. The van der Waals surface area contributed by atoms with Gasteiger partial charge >= 0.3 is 0 Å². The van der Waals surface area contributed by atoms with Gasteiger partial charge in [-0.05, 0) is 30.7 Å². The first kappa shape index (κ1) is 18.1. The summed E-state index contributed by atoms with van der Waals surface area (Å²) in [6, 6.07) is 14.2. The Morgan fingerprint density at radius 1 is 0.840 bits per heavy atom. The summed E-state index contributed by atoms with van der Waals surface area (Å²) in [4.78, 5) is 35.2. The quantitative estimate of drug-likeness (QED) is 0.552. The van der Waals surface area contributed by atoms with Crippen molar-refractivity contribution in [2.75, 3.05) is 6.54 Å². The predicted molar refractivity (Wildman–Crippen MR) is 90.0 cm³/mol. The molecule has 0 radical (unpaired) electrons. The molecule has 130 valence electrons. The van der Waals surface area contributed by atoms with Gasteiger partial charge in [0, 0.05) is 18.5 Å². The topological polar surface area (TPSA) is 87.3 Å². The van der Waals surface area contributed by atoms with Gasteiger partial charge in [-0.1, -0.05) is 30.3 Å². The largest absolute Gasteiger partial charge is 0.352 e. The van der Waals surface area contributed by atoms with Crippen LogP contribution in [-0.2, 0) is 4.79 Å². The van der Waals surface area contributed by atoms with E-state index in [1.165, 1.54) is 18.2 Å². The number of amides is 3. The minimum absolute atomic E-state index is 0.104. The van der Waals surface area contributed by atoms with E-state index in [1.807, 2.05) is 6.07 Å². The monoisotopic (exact) mass is 343 g/mol. The van der Waals surface area contributed by atoms with Crippen LogP contribution in [0.3, 0.4) is 0 Å². The zero-order chi connectivity index (χ0) is 18.1. The molecule has 7 heteroatoms. The van der Waals surface area contributed by atoms with Crippen molar-refractivity contribution in [3.63, 3.8) is 0 Å². The van der Waals surface area contributed by atoms with Crippen LogP contribution in [0.1, 0.15) is 33.6 Å². The molecule has 2 aromatic rings. The molecule has 0 saturated carbocycles. The third-order valence-corrected chi connectivity index (χ3v) is 3.34. The Labute approximate surface area is 144 Å². The van der Waals surface area contributed by atoms with Crippen LogP contribution in [0.4, 0.5) is 4.39 Å². The third kappa shape index (κ3) is 5.72. The number of hydrazine groups is 1. The first-order valence-electron chi connectivity index (χ1n) is 7.75. The lowest BCUT2D eigenvalue weighted by molar-refractivity contribution is -0.121. The molecule has 0 unspecified atom stereocenters. The summed E-state index contributed by atoms with van der Waals surface area (Å²) in [5.41, 5.74) is 4.75. The Morgan fingerprint density at radius 2 is 1.52 bits per heavy atom. The van der Waals surface area contributed by atoms with Crippen LogP contribution in [0.15, 0.2) is 54.6 Å². The molecule has 25 heavy (non-hydrogen) atoms. The van der Waals surface area contributed by atoms with Crippen LogP contribution < -0.4 is 16.2 Å². The lowest BCUT2D eigenvalue weighted by Crippen LogP contribution is -2.42. The van der Waals surface area contributed by atoms with Crippen molar-refractivity contribution in [2.45, 2.75) is 12.8 Å². The highest BCUT2D eigenvalue weighted by molar-refractivity contribution is 5.95. The van der Waals surface area contributed by atoms with Crippen molar-refractivity contribution in [3.8, 4) is 0 Å². The molecule has 3 N–H and O–H groups in total.